The predicted octanol–water partition coefficient (Wildman–Crippen LogP) is 7.22. The van der Waals surface area contributed by atoms with Crippen molar-refractivity contribution in [1.82, 2.24) is 15.0 Å². The minimum absolute atomic E-state index is 0. The van der Waals surface area contributed by atoms with Crippen molar-refractivity contribution in [2.75, 3.05) is 27.2 Å². The second-order valence-electron chi connectivity index (χ2n) is 9.90. The Morgan fingerprint density at radius 1 is 1.03 bits per heavy atom. The Morgan fingerprint density at radius 2 is 1.81 bits per heavy atom. The Labute approximate surface area is 236 Å². The monoisotopic (exact) mass is 561 g/mol. The summed E-state index contributed by atoms with van der Waals surface area (Å²) >= 11 is 1.72. The van der Waals surface area contributed by atoms with Crippen LogP contribution in [0.25, 0.3) is 11.0 Å². The van der Waals surface area contributed by atoms with Crippen LogP contribution in [0.2, 0.25) is 0 Å². The molecule has 5 nitrogen and oxygen atoms in total. The van der Waals surface area contributed by atoms with Gasteiger partial charge in [-0.3, -0.25) is 4.90 Å². The van der Waals surface area contributed by atoms with Crippen molar-refractivity contribution in [3.63, 3.8) is 0 Å². The van der Waals surface area contributed by atoms with Crippen molar-refractivity contribution in [3.8, 4) is 5.75 Å². The molecule has 1 fully saturated rings. The third-order valence-corrected chi connectivity index (χ3v) is 7.80. The van der Waals surface area contributed by atoms with Gasteiger partial charge in [-0.1, -0.05) is 41.6 Å². The molecule has 2 aromatic carbocycles. The van der Waals surface area contributed by atoms with E-state index in [4.69, 9.17) is 9.26 Å². The van der Waals surface area contributed by atoms with Crippen molar-refractivity contribution in [2.24, 2.45) is 5.92 Å². The third kappa shape index (κ3) is 7.71. The van der Waals surface area contributed by atoms with Crippen molar-refractivity contribution in [1.29, 1.82) is 0 Å². The summed E-state index contributed by atoms with van der Waals surface area (Å²) in [7, 11) is 4.15. The Kier molecular flexibility index (Phi) is 11.3. The van der Waals surface area contributed by atoms with Gasteiger partial charge in [0.15, 0.2) is 5.58 Å². The van der Waals surface area contributed by atoms with Gasteiger partial charge in [0.2, 0.25) is 0 Å². The van der Waals surface area contributed by atoms with Crippen LogP contribution in [0, 0.1) is 5.92 Å². The van der Waals surface area contributed by atoms with E-state index in [0.29, 0.717) is 6.61 Å². The molecule has 37 heavy (non-hydrogen) atoms. The van der Waals surface area contributed by atoms with Gasteiger partial charge in [0.25, 0.3) is 0 Å². The SMILES string of the molecule is CN(C)Cc1c(OCc2cccs2)ccc2c(CCC3CCN(Cc4ccccc4)CC3)noc12.Cl.Cl. The molecule has 8 heteroatoms. The number of hydrogen-bond acceptors (Lipinski definition) is 6. The van der Waals surface area contributed by atoms with Gasteiger partial charge in [0, 0.05) is 23.4 Å². The normalized spacial score (nSPS) is 14.5. The number of piperidine rings is 1. The highest BCUT2D eigenvalue weighted by atomic mass is 35.5. The first-order valence-corrected chi connectivity index (χ1v) is 13.5. The number of benzene rings is 2. The summed E-state index contributed by atoms with van der Waals surface area (Å²) in [5.74, 6) is 1.64. The number of fused-ring (bicyclic) bond motifs is 1. The van der Waals surface area contributed by atoms with Crippen LogP contribution in [0.5, 0.6) is 5.75 Å². The molecule has 1 aliphatic rings. The predicted molar refractivity (Wildman–Crippen MR) is 157 cm³/mol. The standard InChI is InChI=1S/C29H35N3O2S.2ClH/c1-31(2)20-26-28(33-21-24-9-6-18-35-24)13-11-25-27(30-34-29(25)26)12-10-22-14-16-32(17-15-22)19-23-7-4-3-5-8-23;;/h3-9,11,13,18,22H,10,12,14-17,19-21H2,1-2H3;2*1H. The number of halogens is 2. The molecule has 0 bridgehead atoms. The molecular weight excluding hydrogens is 525 g/mol. The maximum absolute atomic E-state index is 6.20. The molecule has 2 aromatic heterocycles. The Morgan fingerprint density at radius 3 is 2.51 bits per heavy atom. The maximum atomic E-state index is 6.20. The Hall–Kier alpha value is -2.09. The first-order valence-electron chi connectivity index (χ1n) is 12.6. The molecule has 5 rings (SSSR count). The van der Waals surface area contributed by atoms with E-state index >= 15 is 0 Å². The van der Waals surface area contributed by atoms with Crippen molar-refractivity contribution >= 4 is 47.1 Å². The van der Waals surface area contributed by atoms with E-state index in [1.165, 1.54) is 42.8 Å². The minimum Gasteiger partial charge on any atom is -0.488 e. The highest BCUT2D eigenvalue weighted by molar-refractivity contribution is 7.09. The van der Waals surface area contributed by atoms with E-state index < -0.39 is 0 Å². The van der Waals surface area contributed by atoms with Gasteiger partial charge in [-0.15, -0.1) is 36.2 Å². The molecule has 200 valence electrons. The lowest BCUT2D eigenvalue weighted by Gasteiger charge is -2.31. The molecule has 0 saturated carbocycles. The smallest absolute Gasteiger partial charge is 0.175 e. The molecule has 0 atom stereocenters. The summed E-state index contributed by atoms with van der Waals surface area (Å²) in [4.78, 5) is 5.95. The molecule has 0 amide bonds. The fourth-order valence-corrected chi connectivity index (χ4v) is 5.65. The second-order valence-corrected chi connectivity index (χ2v) is 10.9. The lowest BCUT2D eigenvalue weighted by molar-refractivity contribution is 0.172. The van der Waals surface area contributed by atoms with Gasteiger partial charge < -0.3 is 14.2 Å². The summed E-state index contributed by atoms with van der Waals surface area (Å²) in [6, 6.07) is 19.2. The fourth-order valence-electron chi connectivity index (χ4n) is 5.03. The van der Waals surface area contributed by atoms with Gasteiger partial charge in [-0.05, 0) is 87.9 Å². The van der Waals surface area contributed by atoms with E-state index in [9.17, 15) is 0 Å². The number of aryl methyl sites for hydroxylation is 1. The molecule has 1 saturated heterocycles. The number of rotatable bonds is 10. The highest BCUT2D eigenvalue weighted by Crippen LogP contribution is 2.33. The van der Waals surface area contributed by atoms with Crippen LogP contribution in [-0.2, 0) is 26.1 Å². The molecule has 0 unspecified atom stereocenters. The van der Waals surface area contributed by atoms with Gasteiger partial charge >= 0.3 is 0 Å². The quantitative estimate of drug-likeness (QED) is 0.204. The number of hydrogen-bond donors (Lipinski definition) is 0. The van der Waals surface area contributed by atoms with Gasteiger partial charge in [0.1, 0.15) is 12.4 Å². The lowest BCUT2D eigenvalue weighted by Crippen LogP contribution is -2.33. The van der Waals surface area contributed by atoms with E-state index in [0.717, 1.165) is 53.4 Å². The number of likely N-dealkylation sites (tertiary alicyclic amines) is 1. The van der Waals surface area contributed by atoms with Crippen LogP contribution >= 0.6 is 36.2 Å². The molecule has 1 aliphatic heterocycles. The zero-order chi connectivity index (χ0) is 24.0. The van der Waals surface area contributed by atoms with Crippen molar-refractivity contribution < 1.29 is 9.26 Å². The van der Waals surface area contributed by atoms with E-state index in [1.807, 2.05) is 0 Å². The fraction of sp³-hybridized carbons (Fsp3) is 0.414. The zero-order valence-corrected chi connectivity index (χ0v) is 24.0. The number of aromatic nitrogens is 1. The van der Waals surface area contributed by atoms with Crippen LogP contribution in [0.4, 0.5) is 0 Å². The zero-order valence-electron chi connectivity index (χ0n) is 21.6. The molecule has 4 aromatic rings. The first-order chi connectivity index (χ1) is 17.2. The summed E-state index contributed by atoms with van der Waals surface area (Å²) in [5, 5.41) is 7.73. The maximum Gasteiger partial charge on any atom is 0.175 e. The highest BCUT2D eigenvalue weighted by Gasteiger charge is 2.22. The molecule has 3 heterocycles. The van der Waals surface area contributed by atoms with Crippen molar-refractivity contribution in [2.45, 2.75) is 45.4 Å². The topological polar surface area (TPSA) is 41.7 Å². The van der Waals surface area contributed by atoms with Crippen LogP contribution in [0.3, 0.4) is 0 Å². The Balaban J connectivity index is 0.00000190. The molecule has 0 N–H and O–H groups in total. The van der Waals surface area contributed by atoms with E-state index in [2.05, 4.69) is 89.0 Å². The van der Waals surface area contributed by atoms with Crippen LogP contribution in [0.1, 0.15) is 41.0 Å². The van der Waals surface area contributed by atoms with Gasteiger partial charge in [-0.25, -0.2) is 0 Å². The van der Waals surface area contributed by atoms with Crippen LogP contribution in [-0.4, -0.2) is 42.1 Å². The van der Waals surface area contributed by atoms with E-state index in [-0.39, 0.29) is 24.8 Å². The molecule has 0 spiro atoms. The molecule has 0 radical (unpaired) electrons. The third-order valence-electron chi connectivity index (χ3n) is 6.95. The van der Waals surface area contributed by atoms with Gasteiger partial charge in [0.05, 0.1) is 11.3 Å². The number of ether oxygens (including phenoxy) is 1. The summed E-state index contributed by atoms with van der Waals surface area (Å²) in [6.07, 6.45) is 4.65. The second kappa shape index (κ2) is 14.2. The summed E-state index contributed by atoms with van der Waals surface area (Å²) < 4.78 is 12.1. The minimum atomic E-state index is 0. The lowest BCUT2D eigenvalue weighted by atomic mass is 9.91. The summed E-state index contributed by atoms with van der Waals surface area (Å²) in [6.45, 7) is 4.75. The average Bonchev–Trinajstić information content (AvgIpc) is 3.54. The number of nitrogens with zero attached hydrogens (tertiary/aromatic N) is 3. The van der Waals surface area contributed by atoms with Crippen LogP contribution < -0.4 is 4.74 Å². The molecule has 0 aliphatic carbocycles. The largest absolute Gasteiger partial charge is 0.488 e. The van der Waals surface area contributed by atoms with Gasteiger partial charge in [-0.2, -0.15) is 0 Å². The van der Waals surface area contributed by atoms with E-state index in [1.54, 1.807) is 11.3 Å². The molecular formula is C29H37Cl2N3O2S. The number of thiophene rings is 1. The first kappa shape index (κ1) is 29.5. The van der Waals surface area contributed by atoms with Crippen LogP contribution in [0.15, 0.2) is 64.5 Å². The summed E-state index contributed by atoms with van der Waals surface area (Å²) in [5.41, 5.74) is 4.44. The average molecular weight is 563 g/mol. The van der Waals surface area contributed by atoms with Crippen molar-refractivity contribution in [3.05, 3.63) is 81.7 Å². The Bertz CT molecular complexity index is 1210.